The molecule has 16 heavy (non-hydrogen) atoms. The van der Waals surface area contributed by atoms with E-state index in [2.05, 4.69) is 17.2 Å². The first-order valence-electron chi connectivity index (χ1n) is 4.95. The van der Waals surface area contributed by atoms with Crippen molar-refractivity contribution in [1.29, 1.82) is 0 Å². The van der Waals surface area contributed by atoms with Gasteiger partial charge in [0.05, 0.1) is 25.4 Å². The van der Waals surface area contributed by atoms with Crippen LogP contribution in [0, 0.1) is 24.7 Å². The maximum Gasteiger partial charge on any atom is 0.107 e. The minimum Gasteiger partial charge on any atom is -0.383 e. The molecule has 0 fully saturated rings. The molecule has 0 heterocycles. The Morgan fingerprint density at radius 3 is 1.88 bits per heavy atom. The fraction of sp³-hybridized carbons (Fsp3) is 0.667. The molecule has 4 nitrogen and oxygen atoms in total. The van der Waals surface area contributed by atoms with E-state index in [1.54, 1.807) is 7.11 Å². The summed E-state index contributed by atoms with van der Waals surface area (Å²) < 4.78 is 15.8. The lowest BCUT2D eigenvalue weighted by Crippen LogP contribution is -2.54. The Bertz CT molecular complexity index is 232. The average Bonchev–Trinajstić information content (AvgIpc) is 2.29. The van der Waals surface area contributed by atoms with Gasteiger partial charge in [-0.15, -0.1) is 12.8 Å². The maximum atomic E-state index is 5.31. The van der Waals surface area contributed by atoms with Crippen LogP contribution >= 0.6 is 0 Å². The van der Waals surface area contributed by atoms with Gasteiger partial charge < -0.3 is 19.5 Å². The number of nitrogens with one attached hydrogen (secondary N) is 1. The highest BCUT2D eigenvalue weighted by Gasteiger charge is 2.29. The van der Waals surface area contributed by atoms with Gasteiger partial charge in [0.1, 0.15) is 13.2 Å². The SMILES string of the molecule is C#CCOCC(COC)(COCC#C)NC. The number of methoxy groups -OCH3 is 1. The highest BCUT2D eigenvalue weighted by atomic mass is 16.5. The summed E-state index contributed by atoms with van der Waals surface area (Å²) in [6, 6.07) is 0. The largest absolute Gasteiger partial charge is 0.383 e. The van der Waals surface area contributed by atoms with Crippen LogP contribution in [0.1, 0.15) is 0 Å². The predicted octanol–water partition coefficient (Wildman–Crippen LogP) is -0.109. The van der Waals surface area contributed by atoms with E-state index in [1.165, 1.54) is 0 Å². The second-order valence-corrected chi connectivity index (χ2v) is 3.36. The minimum atomic E-state index is -0.414. The highest BCUT2D eigenvalue weighted by Crippen LogP contribution is 2.07. The molecule has 0 unspecified atom stereocenters. The first-order chi connectivity index (χ1) is 7.74. The number of terminal acetylenes is 2. The van der Waals surface area contributed by atoms with Crippen LogP contribution in [0.2, 0.25) is 0 Å². The molecule has 0 amide bonds. The van der Waals surface area contributed by atoms with E-state index in [9.17, 15) is 0 Å². The molecule has 0 bridgehead atoms. The number of hydrogen-bond donors (Lipinski definition) is 1. The quantitative estimate of drug-likeness (QED) is 0.439. The van der Waals surface area contributed by atoms with Crippen molar-refractivity contribution in [3.05, 3.63) is 0 Å². The topological polar surface area (TPSA) is 39.7 Å². The van der Waals surface area contributed by atoms with E-state index in [-0.39, 0.29) is 13.2 Å². The molecular weight excluding hydrogens is 206 g/mol. The van der Waals surface area contributed by atoms with Crippen LogP contribution in [0.25, 0.3) is 0 Å². The lowest BCUT2D eigenvalue weighted by molar-refractivity contribution is -0.0139. The summed E-state index contributed by atoms with van der Waals surface area (Å²) in [7, 11) is 3.44. The molecule has 1 N–H and O–H groups in total. The van der Waals surface area contributed by atoms with E-state index in [1.807, 2.05) is 7.05 Å². The van der Waals surface area contributed by atoms with Gasteiger partial charge in [-0.1, -0.05) is 11.8 Å². The third-order valence-corrected chi connectivity index (χ3v) is 2.08. The van der Waals surface area contributed by atoms with Gasteiger partial charge >= 0.3 is 0 Å². The van der Waals surface area contributed by atoms with Crippen LogP contribution in [0.3, 0.4) is 0 Å². The van der Waals surface area contributed by atoms with Crippen molar-refractivity contribution in [1.82, 2.24) is 5.32 Å². The standard InChI is InChI=1S/C12H19NO3/c1-5-7-15-10-12(13-3,9-14-4)11-16-8-6-2/h1-2,13H,7-11H2,3-4H3. The number of rotatable bonds is 9. The van der Waals surface area contributed by atoms with Gasteiger partial charge in [-0.2, -0.15) is 0 Å². The predicted molar refractivity (Wildman–Crippen MR) is 63.0 cm³/mol. The summed E-state index contributed by atoms with van der Waals surface area (Å²) in [5, 5.41) is 3.12. The minimum absolute atomic E-state index is 0.266. The third kappa shape index (κ3) is 5.75. The summed E-state index contributed by atoms with van der Waals surface area (Å²) in [5.74, 6) is 4.82. The maximum absolute atomic E-state index is 5.31. The summed E-state index contributed by atoms with van der Waals surface area (Å²) >= 11 is 0. The van der Waals surface area contributed by atoms with E-state index >= 15 is 0 Å². The second-order valence-electron chi connectivity index (χ2n) is 3.36. The van der Waals surface area contributed by atoms with Crippen molar-refractivity contribution < 1.29 is 14.2 Å². The molecule has 0 spiro atoms. The van der Waals surface area contributed by atoms with Crippen LogP contribution in [-0.2, 0) is 14.2 Å². The van der Waals surface area contributed by atoms with Crippen LogP contribution < -0.4 is 5.32 Å². The smallest absolute Gasteiger partial charge is 0.107 e. The van der Waals surface area contributed by atoms with Crippen molar-refractivity contribution in [3.8, 4) is 24.7 Å². The van der Waals surface area contributed by atoms with Gasteiger partial charge in [0, 0.05) is 7.11 Å². The average molecular weight is 225 g/mol. The third-order valence-electron chi connectivity index (χ3n) is 2.08. The Morgan fingerprint density at radius 2 is 1.56 bits per heavy atom. The molecule has 0 aliphatic heterocycles. The molecule has 0 aliphatic rings. The molecule has 0 aromatic heterocycles. The molecule has 0 aliphatic carbocycles. The van der Waals surface area contributed by atoms with Crippen molar-refractivity contribution in [2.45, 2.75) is 5.54 Å². The second kappa shape index (κ2) is 9.21. The molecular formula is C12H19NO3. The lowest BCUT2D eigenvalue weighted by Gasteiger charge is -2.31. The van der Waals surface area contributed by atoms with Crippen LogP contribution in [0.4, 0.5) is 0 Å². The summed E-state index contributed by atoms with van der Waals surface area (Å²) in [6.07, 6.45) is 10.2. The Hall–Kier alpha value is -1.04. The van der Waals surface area contributed by atoms with E-state index in [4.69, 9.17) is 27.1 Å². The Morgan fingerprint density at radius 1 is 1.06 bits per heavy atom. The van der Waals surface area contributed by atoms with Crippen molar-refractivity contribution in [2.75, 3.05) is 47.2 Å². The number of likely N-dealkylation sites (N-methyl/N-ethyl adjacent to an activating group) is 1. The summed E-state index contributed by atoms with van der Waals surface area (Å²) in [5.41, 5.74) is -0.414. The van der Waals surface area contributed by atoms with Crippen LogP contribution in [0.15, 0.2) is 0 Å². The first kappa shape index (κ1) is 15.0. The first-order valence-corrected chi connectivity index (χ1v) is 4.95. The van der Waals surface area contributed by atoms with Gasteiger partial charge in [-0.05, 0) is 7.05 Å². The van der Waals surface area contributed by atoms with Gasteiger partial charge in [0.25, 0.3) is 0 Å². The van der Waals surface area contributed by atoms with E-state index < -0.39 is 5.54 Å². The number of ether oxygens (including phenoxy) is 3. The summed E-state index contributed by atoms with van der Waals surface area (Å²) in [6.45, 7) is 1.81. The van der Waals surface area contributed by atoms with Crippen molar-refractivity contribution in [2.24, 2.45) is 0 Å². The number of hydrogen-bond acceptors (Lipinski definition) is 4. The van der Waals surface area contributed by atoms with Crippen LogP contribution in [-0.4, -0.2) is 52.7 Å². The molecule has 0 rings (SSSR count). The molecule has 0 aromatic rings. The van der Waals surface area contributed by atoms with Gasteiger partial charge in [-0.25, -0.2) is 0 Å². The monoisotopic (exact) mass is 225 g/mol. The molecule has 4 heteroatoms. The normalized spacial score (nSPS) is 10.8. The molecule has 0 saturated carbocycles. The Balaban J connectivity index is 4.22. The van der Waals surface area contributed by atoms with Crippen LogP contribution in [0.5, 0.6) is 0 Å². The zero-order chi connectivity index (χ0) is 12.3. The lowest BCUT2D eigenvalue weighted by atomic mass is 10.0. The molecule has 0 radical (unpaired) electrons. The highest BCUT2D eigenvalue weighted by molar-refractivity contribution is 4.90. The fourth-order valence-electron chi connectivity index (χ4n) is 1.23. The molecule has 0 aromatic carbocycles. The van der Waals surface area contributed by atoms with E-state index in [0.717, 1.165) is 0 Å². The molecule has 90 valence electrons. The Kier molecular flexibility index (Phi) is 8.61. The van der Waals surface area contributed by atoms with Crippen molar-refractivity contribution >= 4 is 0 Å². The van der Waals surface area contributed by atoms with Gasteiger partial charge in [0.15, 0.2) is 0 Å². The van der Waals surface area contributed by atoms with Gasteiger partial charge in [-0.3, -0.25) is 0 Å². The van der Waals surface area contributed by atoms with E-state index in [0.29, 0.717) is 19.8 Å². The van der Waals surface area contributed by atoms with Gasteiger partial charge in [0.2, 0.25) is 0 Å². The Labute approximate surface area is 97.6 Å². The molecule has 0 atom stereocenters. The van der Waals surface area contributed by atoms with Crippen molar-refractivity contribution in [3.63, 3.8) is 0 Å². The zero-order valence-electron chi connectivity index (χ0n) is 9.91. The summed E-state index contributed by atoms with van der Waals surface area (Å²) in [4.78, 5) is 0. The molecule has 0 saturated heterocycles. The fourth-order valence-corrected chi connectivity index (χ4v) is 1.23. The zero-order valence-corrected chi connectivity index (χ0v) is 9.91.